The number of amides is 3. The van der Waals surface area contributed by atoms with Gasteiger partial charge in [0, 0.05) is 19.0 Å². The normalized spacial score (nSPS) is 16.6. The molecule has 0 aromatic carbocycles. The van der Waals surface area contributed by atoms with Crippen molar-refractivity contribution in [3.8, 4) is 0 Å². The summed E-state index contributed by atoms with van der Waals surface area (Å²) >= 11 is 0. The number of aliphatic imine (C=N–C) groups is 1. The minimum absolute atomic E-state index is 0.249. The van der Waals surface area contributed by atoms with Gasteiger partial charge < -0.3 is 15.0 Å². The van der Waals surface area contributed by atoms with E-state index in [9.17, 15) is 14.4 Å². The van der Waals surface area contributed by atoms with Gasteiger partial charge in [0.2, 0.25) is 0 Å². The average Bonchev–Trinajstić information content (AvgIpc) is 2.74. The number of aromatic nitrogens is 1. The van der Waals surface area contributed by atoms with Gasteiger partial charge in [0.25, 0.3) is 0 Å². The summed E-state index contributed by atoms with van der Waals surface area (Å²) in [7, 11) is 0. The molecule has 178 valence electrons. The molecule has 0 bridgehead atoms. The smallest absolute Gasteiger partial charge is 0.413 e. The Morgan fingerprint density at radius 2 is 2.00 bits per heavy atom. The number of likely N-dealkylation sites (tertiary alicyclic amines) is 1. The number of pyridine rings is 1. The molecule has 2 N–H and O–H groups in total. The molecule has 1 atom stereocenters. The van der Waals surface area contributed by atoms with Gasteiger partial charge in [0.15, 0.2) is 0 Å². The van der Waals surface area contributed by atoms with Crippen molar-refractivity contribution < 1.29 is 19.1 Å². The summed E-state index contributed by atoms with van der Waals surface area (Å²) in [6.45, 7) is 13.4. The van der Waals surface area contributed by atoms with Crippen LogP contribution >= 0.6 is 0 Å². The predicted molar refractivity (Wildman–Crippen MR) is 129 cm³/mol. The van der Waals surface area contributed by atoms with Gasteiger partial charge in [0.1, 0.15) is 11.4 Å². The van der Waals surface area contributed by atoms with E-state index in [4.69, 9.17) is 4.74 Å². The van der Waals surface area contributed by atoms with E-state index in [1.54, 1.807) is 57.2 Å². The van der Waals surface area contributed by atoms with E-state index in [1.165, 1.54) is 6.20 Å². The van der Waals surface area contributed by atoms with E-state index in [2.05, 4.69) is 27.2 Å². The number of ether oxygens (including phenoxy) is 1. The Hall–Kier alpha value is -3.49. The molecule has 33 heavy (non-hydrogen) atoms. The maximum absolute atomic E-state index is 12.9. The summed E-state index contributed by atoms with van der Waals surface area (Å²) in [5, 5.41) is 5.18. The topological polar surface area (TPSA) is 113 Å². The molecule has 0 unspecified atom stereocenters. The monoisotopic (exact) mass is 455 g/mol. The lowest BCUT2D eigenvalue weighted by Gasteiger charge is -2.35. The third-order valence-electron chi connectivity index (χ3n) is 4.87. The highest BCUT2D eigenvalue weighted by molar-refractivity contribution is 6.39. The van der Waals surface area contributed by atoms with E-state index < -0.39 is 23.5 Å². The second-order valence-electron chi connectivity index (χ2n) is 8.78. The summed E-state index contributed by atoms with van der Waals surface area (Å²) in [6, 6.07) is 1.38. The lowest BCUT2D eigenvalue weighted by atomic mass is 9.95. The zero-order valence-electron chi connectivity index (χ0n) is 20.0. The van der Waals surface area contributed by atoms with Crippen molar-refractivity contribution in [1.82, 2.24) is 9.88 Å². The molecule has 0 aliphatic carbocycles. The number of nitrogens with one attached hydrogen (secondary N) is 2. The zero-order valence-corrected chi connectivity index (χ0v) is 20.0. The molecular formula is C24H33N5O4. The van der Waals surface area contributed by atoms with Gasteiger partial charge in [-0.2, -0.15) is 0 Å². The fourth-order valence-corrected chi connectivity index (χ4v) is 3.39. The summed E-state index contributed by atoms with van der Waals surface area (Å²) in [6.07, 6.45) is 8.32. The Labute approximate surface area is 195 Å². The first-order valence-electron chi connectivity index (χ1n) is 10.9. The largest absolute Gasteiger partial charge is 0.444 e. The van der Waals surface area contributed by atoms with Crippen LogP contribution < -0.4 is 10.6 Å². The molecule has 1 aliphatic heterocycles. The van der Waals surface area contributed by atoms with E-state index >= 15 is 0 Å². The number of carbonyl (C=O) groups excluding carboxylic acids is 3. The fraction of sp³-hybridized carbons (Fsp3) is 0.458. The van der Waals surface area contributed by atoms with Crippen molar-refractivity contribution in [2.75, 3.05) is 17.2 Å². The third-order valence-corrected chi connectivity index (χ3v) is 4.87. The molecule has 3 amide bonds. The molecule has 1 aliphatic rings. The second-order valence-corrected chi connectivity index (χ2v) is 8.78. The van der Waals surface area contributed by atoms with Crippen LogP contribution in [0.3, 0.4) is 0 Å². The molecule has 0 spiro atoms. The maximum Gasteiger partial charge on any atom is 0.413 e. The minimum Gasteiger partial charge on any atom is -0.444 e. The average molecular weight is 456 g/mol. The predicted octanol–water partition coefficient (Wildman–Crippen LogP) is 4.22. The van der Waals surface area contributed by atoms with Crippen LogP contribution in [-0.2, 0) is 14.3 Å². The molecule has 9 heteroatoms. The first-order valence-corrected chi connectivity index (χ1v) is 10.9. The summed E-state index contributed by atoms with van der Waals surface area (Å²) in [5.41, 5.74) is 1.06. The van der Waals surface area contributed by atoms with E-state index in [-0.39, 0.29) is 6.04 Å². The molecule has 1 saturated heterocycles. The summed E-state index contributed by atoms with van der Waals surface area (Å²) < 4.78 is 5.22. The van der Waals surface area contributed by atoms with Crippen LogP contribution in [0.5, 0.6) is 0 Å². The molecule has 0 radical (unpaired) electrons. The molecule has 9 nitrogen and oxygen atoms in total. The number of piperidine rings is 1. The number of hydrogen-bond donors (Lipinski definition) is 2. The first kappa shape index (κ1) is 25.8. The van der Waals surface area contributed by atoms with Crippen molar-refractivity contribution in [2.24, 2.45) is 4.99 Å². The summed E-state index contributed by atoms with van der Waals surface area (Å²) in [4.78, 5) is 47.3. The van der Waals surface area contributed by atoms with Gasteiger partial charge in [-0.3, -0.25) is 19.9 Å². The zero-order chi connectivity index (χ0) is 24.6. The quantitative estimate of drug-likeness (QED) is 0.392. The minimum atomic E-state index is -0.751. The maximum atomic E-state index is 12.9. The lowest BCUT2D eigenvalue weighted by molar-refractivity contribution is -0.145. The van der Waals surface area contributed by atoms with Crippen molar-refractivity contribution in [2.45, 2.75) is 65.5 Å². The highest BCUT2D eigenvalue weighted by Crippen LogP contribution is 2.24. The van der Waals surface area contributed by atoms with Crippen LogP contribution in [0.2, 0.25) is 0 Å². The molecule has 2 heterocycles. The number of hydrogen-bond acceptors (Lipinski definition) is 6. The van der Waals surface area contributed by atoms with Crippen LogP contribution in [0.15, 0.2) is 41.7 Å². The van der Waals surface area contributed by atoms with Crippen LogP contribution in [0.25, 0.3) is 0 Å². The molecular weight excluding hydrogens is 422 g/mol. The Morgan fingerprint density at radius 3 is 2.64 bits per heavy atom. The van der Waals surface area contributed by atoms with Crippen molar-refractivity contribution in [1.29, 1.82) is 0 Å². The van der Waals surface area contributed by atoms with Crippen LogP contribution in [0.1, 0.15) is 52.5 Å². The van der Waals surface area contributed by atoms with Crippen molar-refractivity contribution >= 4 is 35.6 Å². The fourth-order valence-electron chi connectivity index (χ4n) is 3.39. The molecule has 1 fully saturated rings. The molecule has 1 aromatic heterocycles. The van der Waals surface area contributed by atoms with Gasteiger partial charge >= 0.3 is 17.9 Å². The second kappa shape index (κ2) is 11.4. The first-order chi connectivity index (χ1) is 15.5. The third kappa shape index (κ3) is 7.85. The molecule has 2 rings (SSSR count). The highest BCUT2D eigenvalue weighted by atomic mass is 16.6. The number of rotatable bonds is 5. The number of aryl methyl sites for hydroxylation is 1. The number of carbonyl (C=O) groups is 3. The highest BCUT2D eigenvalue weighted by Gasteiger charge is 2.31. The Morgan fingerprint density at radius 1 is 1.27 bits per heavy atom. The van der Waals surface area contributed by atoms with Crippen LogP contribution in [0.4, 0.5) is 16.3 Å². The Kier molecular flexibility index (Phi) is 8.90. The molecule has 0 saturated carbocycles. The SMILES string of the molecule is C=C(/C=C\N=CC)[C@@H]1CCCCN1C(=O)C(=O)Nc1cnc(NC(=O)OC(C)(C)C)c(C)c1. The van der Waals surface area contributed by atoms with Gasteiger partial charge in [0.05, 0.1) is 17.9 Å². The Balaban J connectivity index is 2.05. The van der Waals surface area contributed by atoms with Crippen LogP contribution in [0, 0.1) is 6.92 Å². The van der Waals surface area contributed by atoms with Crippen molar-refractivity contribution in [3.05, 3.63) is 42.3 Å². The number of anilines is 2. The van der Waals surface area contributed by atoms with Gasteiger partial charge in [-0.15, -0.1) is 0 Å². The van der Waals surface area contributed by atoms with Crippen LogP contribution in [-0.4, -0.2) is 52.2 Å². The van der Waals surface area contributed by atoms with Crippen molar-refractivity contribution in [3.63, 3.8) is 0 Å². The molecule has 1 aromatic rings. The van der Waals surface area contributed by atoms with Gasteiger partial charge in [-0.25, -0.2) is 9.78 Å². The summed E-state index contributed by atoms with van der Waals surface area (Å²) in [5.74, 6) is -1.07. The number of nitrogens with zero attached hydrogens (tertiary/aromatic N) is 3. The van der Waals surface area contributed by atoms with Gasteiger partial charge in [-0.05, 0) is 77.2 Å². The standard InChI is InChI=1S/C24H33N5O4/c1-7-25-12-11-16(2)19-10-8-9-13-29(19)22(31)21(30)27-18-14-17(3)20(26-15-18)28-23(32)33-24(4,5)6/h7,11-12,14-15,19H,2,8-10,13H2,1,3-6H3,(H,27,30)(H,26,28,32)/b12-11-,25-7?/t19-/m0/s1. The lowest BCUT2D eigenvalue weighted by Crippen LogP contribution is -2.48. The van der Waals surface area contributed by atoms with Gasteiger partial charge in [-0.1, -0.05) is 6.58 Å². The van der Waals surface area contributed by atoms with E-state index in [0.29, 0.717) is 23.6 Å². The van der Waals surface area contributed by atoms with E-state index in [1.807, 2.05) is 6.92 Å². The Bertz CT molecular complexity index is 962. The van der Waals surface area contributed by atoms with E-state index in [0.717, 1.165) is 24.8 Å².